The lowest BCUT2D eigenvalue weighted by Gasteiger charge is -2.23. The van der Waals surface area contributed by atoms with Gasteiger partial charge in [-0.15, -0.1) is 0 Å². The highest BCUT2D eigenvalue weighted by atomic mass is 16.6. The minimum Gasteiger partial charge on any atom is -0.444 e. The average molecular weight is 552 g/mol. The molecule has 0 aromatic carbocycles. The summed E-state index contributed by atoms with van der Waals surface area (Å²) in [6.45, 7) is 18.1. The second-order valence-electron chi connectivity index (χ2n) is 13.6. The van der Waals surface area contributed by atoms with Crippen LogP contribution in [-0.2, 0) is 23.9 Å². The molecule has 0 aromatic rings. The number of carbonyl (C=O) groups excluding carboxylic acids is 5. The molecule has 1 spiro atoms. The minimum absolute atomic E-state index is 0.00880. The van der Waals surface area contributed by atoms with Crippen LogP contribution in [0.3, 0.4) is 0 Å². The van der Waals surface area contributed by atoms with E-state index in [1.165, 1.54) is 0 Å². The highest BCUT2D eigenvalue weighted by molar-refractivity contribution is 5.86. The zero-order valence-corrected chi connectivity index (χ0v) is 24.9. The van der Waals surface area contributed by atoms with Crippen molar-refractivity contribution in [3.05, 3.63) is 0 Å². The number of amides is 5. The predicted molar refractivity (Wildman–Crippen MR) is 147 cm³/mol. The van der Waals surface area contributed by atoms with Crippen LogP contribution in [0.25, 0.3) is 0 Å². The first-order valence-electron chi connectivity index (χ1n) is 14.0. The molecule has 2 aliphatic heterocycles. The molecular formula is C28H49N5O6. The normalized spacial score (nSPS) is 25.6. The molecule has 2 saturated heterocycles. The molecule has 2 aliphatic carbocycles. The third kappa shape index (κ3) is 9.69. The topological polar surface area (TPSA) is 160 Å². The summed E-state index contributed by atoms with van der Waals surface area (Å²) < 4.78 is 5.09. The molecule has 4 rings (SSSR count). The van der Waals surface area contributed by atoms with Gasteiger partial charge in [0.25, 0.3) is 0 Å². The van der Waals surface area contributed by atoms with Crippen LogP contribution in [0.2, 0.25) is 0 Å². The predicted octanol–water partition coefficient (Wildman–Crippen LogP) is 1.93. The maximum atomic E-state index is 11.9. The van der Waals surface area contributed by atoms with Crippen molar-refractivity contribution in [1.29, 1.82) is 0 Å². The van der Waals surface area contributed by atoms with Crippen molar-refractivity contribution >= 4 is 30.2 Å². The summed E-state index contributed by atoms with van der Waals surface area (Å²) >= 11 is 0. The Morgan fingerprint density at radius 1 is 1.15 bits per heavy atom. The van der Waals surface area contributed by atoms with Crippen LogP contribution in [0.4, 0.5) is 4.79 Å². The molecule has 2 heterocycles. The van der Waals surface area contributed by atoms with Crippen LogP contribution < -0.4 is 21.7 Å². The van der Waals surface area contributed by atoms with Crippen molar-refractivity contribution in [2.75, 3.05) is 19.6 Å². The maximum Gasteiger partial charge on any atom is 0.408 e. The third-order valence-corrected chi connectivity index (χ3v) is 7.64. The lowest BCUT2D eigenvalue weighted by molar-refractivity contribution is -0.130. The van der Waals surface area contributed by atoms with Gasteiger partial charge >= 0.3 is 6.09 Å². The fourth-order valence-corrected chi connectivity index (χ4v) is 5.19. The number of fused-ring (bicyclic) bond motifs is 1. The Bertz CT molecular complexity index is 907. The van der Waals surface area contributed by atoms with E-state index in [9.17, 15) is 24.0 Å². The van der Waals surface area contributed by atoms with Gasteiger partial charge in [-0.05, 0) is 69.6 Å². The summed E-state index contributed by atoms with van der Waals surface area (Å²) in [5.74, 6) is 1.24. The van der Waals surface area contributed by atoms with Crippen LogP contribution in [0.1, 0.15) is 81.1 Å². The lowest BCUT2D eigenvalue weighted by atomic mass is 9.95. The minimum atomic E-state index is -0.748. The van der Waals surface area contributed by atoms with E-state index < -0.39 is 23.6 Å². The fourth-order valence-electron chi connectivity index (χ4n) is 5.19. The van der Waals surface area contributed by atoms with Crippen molar-refractivity contribution in [2.45, 2.75) is 98.3 Å². The smallest absolute Gasteiger partial charge is 0.408 e. The Hall–Kier alpha value is -2.85. The first-order valence-corrected chi connectivity index (χ1v) is 14.0. The van der Waals surface area contributed by atoms with E-state index in [1.54, 1.807) is 20.8 Å². The Balaban J connectivity index is 0.000000243. The Kier molecular flexibility index (Phi) is 10.4. The molecule has 0 aromatic heterocycles. The van der Waals surface area contributed by atoms with Gasteiger partial charge < -0.3 is 31.3 Å². The SMILES string of the molecule is CC(C)(C)OC(=O)NCC(=O)N1CC2C(C1)C2(C)C.CC(C)C.NC(=O)C(CC1CC2(CC2)NC1=O)NC=O. The van der Waals surface area contributed by atoms with E-state index in [2.05, 4.69) is 50.6 Å². The van der Waals surface area contributed by atoms with Gasteiger partial charge in [0.05, 0.1) is 0 Å². The van der Waals surface area contributed by atoms with E-state index in [1.807, 2.05) is 4.90 Å². The first kappa shape index (κ1) is 32.4. The third-order valence-electron chi connectivity index (χ3n) is 7.64. The molecule has 0 radical (unpaired) electrons. The molecule has 222 valence electrons. The zero-order chi connectivity index (χ0) is 29.8. The van der Waals surface area contributed by atoms with Gasteiger partial charge in [0, 0.05) is 24.5 Å². The molecule has 5 amide bonds. The number of hydrogen-bond donors (Lipinski definition) is 4. The summed E-state index contributed by atoms with van der Waals surface area (Å²) in [6.07, 6.45) is 2.97. The van der Waals surface area contributed by atoms with Crippen LogP contribution in [0, 0.1) is 29.1 Å². The van der Waals surface area contributed by atoms with Crippen molar-refractivity contribution in [1.82, 2.24) is 20.9 Å². The number of primary amides is 1. The number of hydrogen-bond acceptors (Lipinski definition) is 6. The highest BCUT2D eigenvalue weighted by Crippen LogP contribution is 2.61. The summed E-state index contributed by atoms with van der Waals surface area (Å²) in [7, 11) is 0. The van der Waals surface area contributed by atoms with Gasteiger partial charge in [0.1, 0.15) is 18.2 Å². The summed E-state index contributed by atoms with van der Waals surface area (Å²) in [6, 6.07) is -0.748. The zero-order valence-electron chi connectivity index (χ0n) is 24.9. The second-order valence-corrected chi connectivity index (χ2v) is 13.6. The number of nitrogens with one attached hydrogen (secondary N) is 3. The molecule has 11 nitrogen and oxygen atoms in total. The van der Waals surface area contributed by atoms with E-state index in [4.69, 9.17) is 10.5 Å². The van der Waals surface area contributed by atoms with E-state index in [0.717, 1.165) is 38.3 Å². The van der Waals surface area contributed by atoms with Crippen molar-refractivity contribution < 1.29 is 28.7 Å². The van der Waals surface area contributed by atoms with E-state index in [-0.39, 0.29) is 29.8 Å². The van der Waals surface area contributed by atoms with Crippen LogP contribution in [0.15, 0.2) is 0 Å². The molecule has 2 saturated carbocycles. The highest BCUT2D eigenvalue weighted by Gasteiger charge is 2.62. The molecule has 4 aliphatic rings. The number of piperidine rings is 1. The second kappa shape index (κ2) is 12.6. The molecule has 4 unspecified atom stereocenters. The number of nitrogens with zero attached hydrogens (tertiary/aromatic N) is 1. The standard InChI is InChI=1S/C14H24N2O3.C10H15N3O3.C4H10/c1-13(2,3)19-12(18)15-6-11(17)16-7-9-10(8-16)14(9,4)5;11-8(15)7(12-5-14)3-6-4-10(1-2-10)13-9(6)16;1-4(2)3/h9-10H,6-8H2,1-5H3,(H,15,18);5-7H,1-4H2,(H2,11,15)(H,12,14)(H,13,16);4H,1-3H3. The van der Waals surface area contributed by atoms with Crippen molar-refractivity contribution in [3.8, 4) is 0 Å². The number of rotatable bonds is 7. The molecule has 4 fully saturated rings. The van der Waals surface area contributed by atoms with E-state index >= 15 is 0 Å². The maximum absolute atomic E-state index is 11.9. The van der Waals surface area contributed by atoms with Gasteiger partial charge in [-0.1, -0.05) is 34.6 Å². The molecule has 11 heteroatoms. The van der Waals surface area contributed by atoms with Crippen LogP contribution >= 0.6 is 0 Å². The lowest BCUT2D eigenvalue weighted by Crippen LogP contribution is -2.42. The Labute approximate surface area is 232 Å². The number of likely N-dealkylation sites (tertiary alicyclic amines) is 1. The first-order chi connectivity index (χ1) is 17.9. The fraction of sp³-hybridized carbons (Fsp3) is 0.821. The summed E-state index contributed by atoms with van der Waals surface area (Å²) in [4.78, 5) is 58.2. The Morgan fingerprint density at radius 2 is 1.69 bits per heavy atom. The summed E-state index contributed by atoms with van der Waals surface area (Å²) in [5.41, 5.74) is 4.99. The summed E-state index contributed by atoms with van der Waals surface area (Å²) in [5, 5.41) is 7.79. The number of alkyl carbamates (subject to hydrolysis) is 1. The van der Waals surface area contributed by atoms with Crippen molar-refractivity contribution in [2.24, 2.45) is 34.8 Å². The molecule has 4 atom stereocenters. The quantitative estimate of drug-likeness (QED) is 0.354. The molecular weight excluding hydrogens is 502 g/mol. The number of nitrogens with two attached hydrogens (primary N) is 1. The van der Waals surface area contributed by atoms with Gasteiger partial charge in [0.15, 0.2) is 0 Å². The Morgan fingerprint density at radius 3 is 2.10 bits per heavy atom. The van der Waals surface area contributed by atoms with Gasteiger partial charge in [-0.3, -0.25) is 19.2 Å². The number of ether oxygens (including phenoxy) is 1. The van der Waals surface area contributed by atoms with Crippen LogP contribution in [0.5, 0.6) is 0 Å². The number of carbonyl (C=O) groups is 5. The van der Waals surface area contributed by atoms with Gasteiger partial charge in [0.2, 0.25) is 24.1 Å². The average Bonchev–Trinajstić information content (AvgIpc) is 3.47. The van der Waals surface area contributed by atoms with E-state index in [0.29, 0.717) is 30.1 Å². The molecule has 39 heavy (non-hydrogen) atoms. The largest absolute Gasteiger partial charge is 0.444 e. The molecule has 5 N–H and O–H groups in total. The molecule has 0 bridgehead atoms. The van der Waals surface area contributed by atoms with Gasteiger partial charge in [-0.25, -0.2) is 4.79 Å². The van der Waals surface area contributed by atoms with Crippen LogP contribution in [-0.4, -0.2) is 71.9 Å². The van der Waals surface area contributed by atoms with Crippen molar-refractivity contribution in [3.63, 3.8) is 0 Å². The van der Waals surface area contributed by atoms with Gasteiger partial charge in [-0.2, -0.15) is 0 Å². The monoisotopic (exact) mass is 551 g/mol.